The molecule has 0 aliphatic rings. The van der Waals surface area contributed by atoms with Crippen molar-refractivity contribution < 1.29 is 28.6 Å². The minimum Gasteiger partial charge on any atom is -0.493 e. The largest absolute Gasteiger partial charge is 0.493 e. The molecule has 0 radical (unpaired) electrons. The smallest absolute Gasteiger partial charge is 0.371 e. The van der Waals surface area contributed by atoms with Crippen LogP contribution in [-0.4, -0.2) is 24.1 Å². The molecule has 0 saturated heterocycles. The summed E-state index contributed by atoms with van der Waals surface area (Å²) in [6.07, 6.45) is 1.42. The lowest BCUT2D eigenvalue weighted by atomic mass is 10.1. The van der Waals surface area contributed by atoms with Crippen LogP contribution in [0.2, 0.25) is 5.02 Å². The molecule has 3 rings (SSSR count). The van der Waals surface area contributed by atoms with E-state index in [1.807, 2.05) is 6.07 Å². The molecule has 0 unspecified atom stereocenters. The quantitative estimate of drug-likeness (QED) is 0.373. The summed E-state index contributed by atoms with van der Waals surface area (Å²) in [4.78, 5) is 23.3. The van der Waals surface area contributed by atoms with Gasteiger partial charge in [0.1, 0.15) is 24.0 Å². The van der Waals surface area contributed by atoms with E-state index >= 15 is 0 Å². The van der Waals surface area contributed by atoms with Gasteiger partial charge in [0.25, 0.3) is 5.91 Å². The van der Waals surface area contributed by atoms with E-state index in [1.165, 1.54) is 25.3 Å². The van der Waals surface area contributed by atoms with Crippen LogP contribution in [-0.2, 0) is 11.4 Å². The highest BCUT2D eigenvalue weighted by molar-refractivity contribution is 6.30. The number of carboxylic acid groups (broad SMARTS) is 1. The van der Waals surface area contributed by atoms with Gasteiger partial charge in [-0.3, -0.25) is 4.79 Å². The summed E-state index contributed by atoms with van der Waals surface area (Å²) in [6.45, 7) is -0.00817. The van der Waals surface area contributed by atoms with Crippen LogP contribution in [0.15, 0.2) is 64.6 Å². The fourth-order valence-corrected chi connectivity index (χ4v) is 2.79. The monoisotopic (exact) mass is 452 g/mol. The van der Waals surface area contributed by atoms with Gasteiger partial charge in [0.05, 0.1) is 7.11 Å². The van der Waals surface area contributed by atoms with Gasteiger partial charge in [-0.1, -0.05) is 17.7 Å². The van der Waals surface area contributed by atoms with Crippen molar-refractivity contribution in [3.63, 3.8) is 0 Å². The number of hydrogen-bond acceptors (Lipinski definition) is 6. The maximum Gasteiger partial charge on any atom is 0.371 e. The molecule has 0 aliphatic heterocycles. The standard InChI is InChI=1S/C23H17ClN2O6/c1-30-21-11-14(2-8-19(21)31-13-18-7-9-20(32-18)23(28)29)10-15(12-25)22(27)26-17-5-3-16(24)4-6-17/h2-11H,13H2,1H3,(H,26,27)(H,28,29)/b15-10-. The molecule has 8 nitrogen and oxygen atoms in total. The van der Waals surface area contributed by atoms with Crippen molar-refractivity contribution in [1.29, 1.82) is 5.26 Å². The fourth-order valence-electron chi connectivity index (χ4n) is 2.66. The number of carbonyl (C=O) groups excluding carboxylic acids is 1. The summed E-state index contributed by atoms with van der Waals surface area (Å²) in [5.74, 6) is -0.850. The van der Waals surface area contributed by atoms with Gasteiger partial charge >= 0.3 is 5.97 Å². The maximum absolute atomic E-state index is 12.4. The number of amides is 1. The molecule has 2 aromatic carbocycles. The molecule has 2 N–H and O–H groups in total. The van der Waals surface area contributed by atoms with Gasteiger partial charge in [0.15, 0.2) is 11.5 Å². The van der Waals surface area contributed by atoms with E-state index in [0.717, 1.165) is 0 Å². The Morgan fingerprint density at radius 1 is 1.16 bits per heavy atom. The molecule has 0 aliphatic carbocycles. The lowest BCUT2D eigenvalue weighted by molar-refractivity contribution is -0.112. The van der Waals surface area contributed by atoms with Crippen molar-refractivity contribution >= 4 is 35.2 Å². The van der Waals surface area contributed by atoms with Gasteiger partial charge < -0.3 is 24.3 Å². The molecular weight excluding hydrogens is 436 g/mol. The Morgan fingerprint density at radius 3 is 2.53 bits per heavy atom. The van der Waals surface area contributed by atoms with E-state index in [4.69, 9.17) is 30.6 Å². The van der Waals surface area contributed by atoms with Crippen molar-refractivity contribution in [3.05, 3.63) is 82.3 Å². The Hall–Kier alpha value is -4.22. The number of ether oxygens (including phenoxy) is 2. The molecule has 32 heavy (non-hydrogen) atoms. The first-order valence-electron chi connectivity index (χ1n) is 9.21. The Balaban J connectivity index is 1.73. The number of aromatic carboxylic acids is 1. The Labute approximate surface area is 188 Å². The number of hydrogen-bond donors (Lipinski definition) is 2. The SMILES string of the molecule is COc1cc(/C=C(/C#N)C(=O)Nc2ccc(Cl)cc2)ccc1OCc1ccc(C(=O)O)o1. The number of anilines is 1. The number of nitriles is 1. The number of halogens is 1. The van der Waals surface area contributed by atoms with Gasteiger partial charge in [0.2, 0.25) is 5.76 Å². The van der Waals surface area contributed by atoms with E-state index in [0.29, 0.717) is 33.5 Å². The molecule has 1 amide bonds. The predicted molar refractivity (Wildman–Crippen MR) is 117 cm³/mol. The summed E-state index contributed by atoms with van der Waals surface area (Å²) < 4.78 is 16.1. The second-order valence-corrected chi connectivity index (χ2v) is 6.84. The van der Waals surface area contributed by atoms with Gasteiger partial charge in [-0.25, -0.2) is 4.79 Å². The molecule has 0 atom stereocenters. The summed E-state index contributed by atoms with van der Waals surface area (Å²) in [5.41, 5.74) is 0.946. The average Bonchev–Trinajstić information content (AvgIpc) is 3.27. The highest BCUT2D eigenvalue weighted by atomic mass is 35.5. The van der Waals surface area contributed by atoms with Crippen LogP contribution in [0.1, 0.15) is 21.9 Å². The van der Waals surface area contributed by atoms with E-state index < -0.39 is 11.9 Å². The topological polar surface area (TPSA) is 122 Å². The Bertz CT molecular complexity index is 1210. The van der Waals surface area contributed by atoms with Crippen LogP contribution in [0.25, 0.3) is 6.08 Å². The van der Waals surface area contributed by atoms with E-state index in [9.17, 15) is 14.9 Å². The highest BCUT2D eigenvalue weighted by Crippen LogP contribution is 2.30. The van der Waals surface area contributed by atoms with Crippen molar-refractivity contribution in [3.8, 4) is 17.6 Å². The first-order valence-corrected chi connectivity index (χ1v) is 9.59. The van der Waals surface area contributed by atoms with Gasteiger partial charge in [-0.15, -0.1) is 0 Å². The second kappa shape index (κ2) is 10.2. The molecule has 0 spiro atoms. The van der Waals surface area contributed by atoms with Crippen LogP contribution in [0.3, 0.4) is 0 Å². The zero-order chi connectivity index (χ0) is 23.1. The molecular formula is C23H17ClN2O6. The van der Waals surface area contributed by atoms with Gasteiger partial charge in [0, 0.05) is 10.7 Å². The van der Waals surface area contributed by atoms with Crippen molar-refractivity contribution in [2.45, 2.75) is 6.61 Å². The third kappa shape index (κ3) is 5.68. The Kier molecular flexibility index (Phi) is 7.16. The molecule has 9 heteroatoms. The molecule has 3 aromatic rings. The van der Waals surface area contributed by atoms with Crippen molar-refractivity contribution in [2.75, 3.05) is 12.4 Å². The lowest BCUT2D eigenvalue weighted by Crippen LogP contribution is -2.13. The minimum absolute atomic E-state index is 0.00817. The van der Waals surface area contributed by atoms with E-state index in [-0.39, 0.29) is 17.9 Å². The first-order chi connectivity index (χ1) is 15.4. The summed E-state index contributed by atoms with van der Waals surface area (Å²) in [5, 5.41) is 21.5. The van der Waals surface area contributed by atoms with Crippen LogP contribution in [0.5, 0.6) is 11.5 Å². The maximum atomic E-state index is 12.4. The van der Waals surface area contributed by atoms with Gasteiger partial charge in [-0.2, -0.15) is 5.26 Å². The van der Waals surface area contributed by atoms with Crippen LogP contribution >= 0.6 is 11.6 Å². The molecule has 1 aromatic heterocycles. The lowest BCUT2D eigenvalue weighted by Gasteiger charge is -2.10. The Morgan fingerprint density at radius 2 is 1.91 bits per heavy atom. The number of nitrogens with zero attached hydrogens (tertiary/aromatic N) is 1. The molecule has 0 saturated carbocycles. The molecule has 1 heterocycles. The number of benzene rings is 2. The number of carboxylic acids is 1. The normalized spacial score (nSPS) is 10.8. The molecule has 0 fully saturated rings. The van der Waals surface area contributed by atoms with Crippen molar-refractivity contribution in [1.82, 2.24) is 0 Å². The van der Waals surface area contributed by atoms with Crippen LogP contribution in [0, 0.1) is 11.3 Å². The number of furan rings is 1. The minimum atomic E-state index is -1.17. The number of carbonyl (C=O) groups is 2. The van der Waals surface area contributed by atoms with Gasteiger partial charge in [-0.05, 0) is 60.2 Å². The number of nitrogens with one attached hydrogen (secondary N) is 1. The second-order valence-electron chi connectivity index (χ2n) is 6.40. The van der Waals surface area contributed by atoms with Crippen LogP contribution < -0.4 is 14.8 Å². The number of methoxy groups -OCH3 is 1. The molecule has 0 bridgehead atoms. The third-order valence-electron chi connectivity index (χ3n) is 4.21. The summed E-state index contributed by atoms with van der Waals surface area (Å²) >= 11 is 5.83. The molecule has 162 valence electrons. The zero-order valence-corrected chi connectivity index (χ0v) is 17.6. The highest BCUT2D eigenvalue weighted by Gasteiger charge is 2.13. The fraction of sp³-hybridized carbons (Fsp3) is 0.0870. The van der Waals surface area contributed by atoms with Crippen LogP contribution in [0.4, 0.5) is 5.69 Å². The average molecular weight is 453 g/mol. The van der Waals surface area contributed by atoms with Crippen molar-refractivity contribution in [2.24, 2.45) is 0 Å². The summed E-state index contributed by atoms with van der Waals surface area (Å²) in [6, 6.07) is 16.1. The third-order valence-corrected chi connectivity index (χ3v) is 4.46. The summed E-state index contributed by atoms with van der Waals surface area (Å²) in [7, 11) is 1.45. The predicted octanol–water partition coefficient (Wildman–Crippen LogP) is 4.76. The van der Waals surface area contributed by atoms with E-state index in [1.54, 1.807) is 42.5 Å². The first kappa shape index (κ1) is 22.5. The zero-order valence-electron chi connectivity index (χ0n) is 16.8. The van der Waals surface area contributed by atoms with E-state index in [2.05, 4.69) is 5.32 Å². The number of rotatable bonds is 8.